The summed E-state index contributed by atoms with van der Waals surface area (Å²) < 4.78 is 153. The van der Waals surface area contributed by atoms with Crippen LogP contribution in [0.25, 0.3) is 0 Å². The highest BCUT2D eigenvalue weighted by atomic mass is 19.4. The number of alkyl halides is 12. The summed E-state index contributed by atoms with van der Waals surface area (Å²) in [6, 6.07) is 12.5. The molecule has 23 heteroatoms. The SMILES string of the molecule is N[C@H]1CC(=O)N(Cc2ccccc2C(F)(F)F)C1.O=C(N[C@H]1CC(=O)N(Cc2ccccc2C(F)(F)F)C1)c1cc(C(F)(F)F)ccc1O.O=C(O)c1cc(C(F)(F)F)ccc1O. The molecule has 2 fully saturated rings. The maximum absolute atomic E-state index is 13.1. The molecule has 0 aliphatic carbocycles. The molecule has 11 nitrogen and oxygen atoms in total. The van der Waals surface area contributed by atoms with Gasteiger partial charge in [0.25, 0.3) is 5.91 Å². The second-order valence-corrected chi connectivity index (χ2v) is 14.0. The van der Waals surface area contributed by atoms with Gasteiger partial charge >= 0.3 is 30.7 Å². The van der Waals surface area contributed by atoms with E-state index in [1.54, 1.807) is 0 Å². The van der Waals surface area contributed by atoms with Crippen molar-refractivity contribution >= 4 is 23.7 Å². The van der Waals surface area contributed by atoms with E-state index in [0.717, 1.165) is 23.1 Å². The fourth-order valence-electron chi connectivity index (χ4n) is 6.30. The molecule has 2 aliphatic heterocycles. The number of carbonyl (C=O) groups is 4. The average Bonchev–Trinajstić information content (AvgIpc) is 3.68. The van der Waals surface area contributed by atoms with Crippen LogP contribution in [0.2, 0.25) is 0 Å². The van der Waals surface area contributed by atoms with Gasteiger partial charge in [-0.1, -0.05) is 36.4 Å². The molecule has 0 unspecified atom stereocenters. The van der Waals surface area contributed by atoms with Crippen LogP contribution in [0.15, 0.2) is 84.9 Å². The number of nitrogens with two attached hydrogens (primary N) is 1. The van der Waals surface area contributed by atoms with Gasteiger partial charge in [0.15, 0.2) is 0 Å². The first-order chi connectivity index (χ1) is 29.1. The summed E-state index contributed by atoms with van der Waals surface area (Å²) >= 11 is 0. The van der Waals surface area contributed by atoms with Crippen LogP contribution in [-0.2, 0) is 47.4 Å². The van der Waals surface area contributed by atoms with Crippen molar-refractivity contribution in [2.45, 2.75) is 62.7 Å². The van der Waals surface area contributed by atoms with Gasteiger partial charge in [-0.3, -0.25) is 14.4 Å². The lowest BCUT2D eigenvalue weighted by Gasteiger charge is -2.20. The molecule has 6 rings (SSSR count). The zero-order valence-electron chi connectivity index (χ0n) is 32.0. The van der Waals surface area contributed by atoms with E-state index in [4.69, 9.17) is 15.9 Å². The number of nitrogens with zero attached hydrogens (tertiary/aromatic N) is 2. The molecule has 340 valence electrons. The summed E-state index contributed by atoms with van der Waals surface area (Å²) in [6.45, 7) is -0.195. The Labute approximate surface area is 348 Å². The number of likely N-dealkylation sites (tertiary alicyclic amines) is 2. The number of benzene rings is 4. The third-order valence-corrected chi connectivity index (χ3v) is 9.28. The van der Waals surface area contributed by atoms with Gasteiger partial charge in [0, 0.05) is 45.1 Å². The molecular weight excluding hydrogens is 876 g/mol. The number of phenolic OH excluding ortho intramolecular Hbond substituents is 1. The molecule has 4 aromatic carbocycles. The zero-order chi connectivity index (χ0) is 47.2. The topological polar surface area (TPSA) is 173 Å². The van der Waals surface area contributed by atoms with Crippen molar-refractivity contribution in [3.8, 4) is 11.5 Å². The van der Waals surface area contributed by atoms with E-state index in [-0.39, 0.29) is 55.6 Å². The van der Waals surface area contributed by atoms with E-state index >= 15 is 0 Å². The van der Waals surface area contributed by atoms with Gasteiger partial charge in [0.05, 0.1) is 33.9 Å². The summed E-state index contributed by atoms with van der Waals surface area (Å²) in [5.74, 6) is -4.71. The summed E-state index contributed by atoms with van der Waals surface area (Å²) in [7, 11) is 0. The number of hydrogen-bond acceptors (Lipinski definition) is 7. The molecule has 3 amide bonds. The molecule has 2 heterocycles. The number of aromatic hydroxyl groups is 2. The van der Waals surface area contributed by atoms with Gasteiger partial charge in [-0.25, -0.2) is 4.79 Å². The third-order valence-electron chi connectivity index (χ3n) is 9.28. The Morgan fingerprint density at radius 2 is 1.02 bits per heavy atom. The fraction of sp³-hybridized carbons (Fsp3) is 0.300. The van der Waals surface area contributed by atoms with Crippen molar-refractivity contribution < 1.29 is 87.2 Å². The maximum Gasteiger partial charge on any atom is 0.416 e. The van der Waals surface area contributed by atoms with E-state index in [9.17, 15) is 77.0 Å². The van der Waals surface area contributed by atoms with Crippen molar-refractivity contribution in [3.05, 3.63) is 129 Å². The van der Waals surface area contributed by atoms with Crippen molar-refractivity contribution in [2.24, 2.45) is 5.73 Å². The van der Waals surface area contributed by atoms with E-state index < -0.39 is 93.4 Å². The number of rotatable bonds is 7. The average molecular weight is 911 g/mol. The van der Waals surface area contributed by atoms with Gasteiger partial charge in [-0.05, 0) is 59.7 Å². The van der Waals surface area contributed by atoms with Crippen LogP contribution in [0.1, 0.15) is 66.9 Å². The molecule has 63 heavy (non-hydrogen) atoms. The van der Waals surface area contributed by atoms with E-state index in [1.165, 1.54) is 41.3 Å². The predicted octanol–water partition coefficient (Wildman–Crippen LogP) is 7.83. The number of carboxylic acid groups (broad SMARTS) is 1. The van der Waals surface area contributed by atoms with Crippen LogP contribution in [0, 0.1) is 0 Å². The van der Waals surface area contributed by atoms with Gasteiger partial charge < -0.3 is 36.2 Å². The Morgan fingerprint density at radius 1 is 0.603 bits per heavy atom. The molecule has 0 aromatic heterocycles. The normalized spacial score (nSPS) is 16.8. The highest BCUT2D eigenvalue weighted by molar-refractivity contribution is 5.97. The maximum atomic E-state index is 13.1. The lowest BCUT2D eigenvalue weighted by molar-refractivity contribution is -0.139. The van der Waals surface area contributed by atoms with Crippen molar-refractivity contribution in [3.63, 3.8) is 0 Å². The summed E-state index contributed by atoms with van der Waals surface area (Å²) in [4.78, 5) is 48.9. The van der Waals surface area contributed by atoms with Crippen LogP contribution in [-0.4, -0.2) is 74.0 Å². The van der Waals surface area contributed by atoms with Gasteiger partial charge in [0.1, 0.15) is 17.1 Å². The molecule has 0 radical (unpaired) electrons. The van der Waals surface area contributed by atoms with Crippen LogP contribution in [0.4, 0.5) is 52.7 Å². The van der Waals surface area contributed by atoms with Crippen LogP contribution in [0.5, 0.6) is 11.5 Å². The molecule has 2 aliphatic rings. The van der Waals surface area contributed by atoms with E-state index in [0.29, 0.717) is 36.9 Å². The monoisotopic (exact) mass is 910 g/mol. The van der Waals surface area contributed by atoms with Crippen molar-refractivity contribution in [1.29, 1.82) is 0 Å². The zero-order valence-corrected chi connectivity index (χ0v) is 32.0. The van der Waals surface area contributed by atoms with Crippen molar-refractivity contribution in [2.75, 3.05) is 13.1 Å². The standard InChI is InChI=1S/C20H16F6N2O3.C12H13F3N2O.C8H5F3O3/c21-19(22,23)12-5-6-16(29)14(7-12)18(31)27-13-8-17(30)28(10-13)9-11-3-1-2-4-15(11)20(24,25)26;13-12(14,15)10-4-2-1-3-8(10)6-17-7-9(16)5-11(17)18;9-8(10,11)4-1-2-6(12)5(3-4)7(13)14/h1-7,13,29H,8-10H2,(H,27,31);1-4,9H,5-7,16H2;1-3,12H,(H,13,14)/t13-;9-;/m00./s1. The molecule has 0 spiro atoms. The molecule has 2 atom stereocenters. The summed E-state index contributed by atoms with van der Waals surface area (Å²) in [5, 5.41) is 29.4. The predicted molar refractivity (Wildman–Crippen MR) is 195 cm³/mol. The minimum Gasteiger partial charge on any atom is -0.507 e. The second kappa shape index (κ2) is 19.3. The minimum atomic E-state index is -4.73. The number of carbonyl (C=O) groups excluding carboxylic acids is 3. The summed E-state index contributed by atoms with van der Waals surface area (Å²) in [5.41, 5.74) is 0.386. The number of nitrogens with one attached hydrogen (secondary N) is 1. The van der Waals surface area contributed by atoms with Gasteiger partial charge in [0.2, 0.25) is 11.8 Å². The lowest BCUT2D eigenvalue weighted by atomic mass is 10.1. The van der Waals surface area contributed by atoms with E-state index in [1.807, 2.05) is 0 Å². The Bertz CT molecular complexity index is 2310. The lowest BCUT2D eigenvalue weighted by Crippen LogP contribution is -2.37. The smallest absolute Gasteiger partial charge is 0.416 e. The second-order valence-electron chi connectivity index (χ2n) is 14.0. The molecule has 2 saturated heterocycles. The summed E-state index contributed by atoms with van der Waals surface area (Å²) in [6.07, 6.45) is -18.4. The molecule has 0 bridgehead atoms. The number of carboxylic acids is 1. The van der Waals surface area contributed by atoms with Crippen LogP contribution < -0.4 is 11.1 Å². The van der Waals surface area contributed by atoms with Gasteiger partial charge in [-0.15, -0.1) is 0 Å². The first-order valence-corrected chi connectivity index (χ1v) is 18.0. The minimum absolute atomic E-state index is 0.0395. The third kappa shape index (κ3) is 13.2. The number of phenols is 2. The molecule has 0 saturated carbocycles. The highest BCUT2D eigenvalue weighted by Gasteiger charge is 2.38. The molecular formula is C40H34F12N4O7. The first-order valence-electron chi connectivity index (χ1n) is 18.0. The molecule has 4 aromatic rings. The van der Waals surface area contributed by atoms with E-state index in [2.05, 4.69) is 5.32 Å². The fourth-order valence-corrected chi connectivity index (χ4v) is 6.30. The van der Waals surface area contributed by atoms with Crippen LogP contribution in [0.3, 0.4) is 0 Å². The van der Waals surface area contributed by atoms with Gasteiger partial charge in [-0.2, -0.15) is 52.7 Å². The number of amides is 3. The Kier molecular flexibility index (Phi) is 15.0. The number of hydrogen-bond donors (Lipinski definition) is 5. The Balaban J connectivity index is 0.000000230. The highest BCUT2D eigenvalue weighted by Crippen LogP contribution is 2.36. The number of aromatic carboxylic acids is 1. The van der Waals surface area contributed by atoms with Crippen LogP contribution >= 0.6 is 0 Å². The van der Waals surface area contributed by atoms with Crippen molar-refractivity contribution in [1.82, 2.24) is 15.1 Å². The molecule has 6 N–H and O–H groups in total. The Morgan fingerprint density at radius 3 is 1.43 bits per heavy atom. The largest absolute Gasteiger partial charge is 0.507 e. The number of halogens is 12. The first kappa shape index (κ1) is 49.1. The quantitative estimate of drug-likeness (QED) is 0.117. The Hall–Kier alpha value is -6.52.